The minimum atomic E-state index is -0.0893. The summed E-state index contributed by atoms with van der Waals surface area (Å²) in [5, 5.41) is 12.6. The fourth-order valence-electron chi connectivity index (χ4n) is 2.32. The van der Waals surface area contributed by atoms with Crippen molar-refractivity contribution in [3.63, 3.8) is 0 Å². The Morgan fingerprint density at radius 2 is 1.91 bits per heavy atom. The van der Waals surface area contributed by atoms with Crippen molar-refractivity contribution in [3.8, 4) is 0 Å². The van der Waals surface area contributed by atoms with Crippen LogP contribution in [0.25, 0.3) is 11.0 Å². The molecule has 1 unspecified atom stereocenters. The van der Waals surface area contributed by atoms with Crippen LogP contribution in [-0.4, -0.2) is 20.0 Å². The standard InChI is InChI=1S/C16H18ClN5/c1-16(2,3)15(19-14-9-8-11(17)10-18-14)22-13-7-5-4-6-12(13)20-21-22/h4-10,15H,1-3H3,(H,18,19). The molecule has 0 saturated carbocycles. The van der Waals surface area contributed by atoms with Gasteiger partial charge in [0.1, 0.15) is 17.5 Å². The number of halogens is 1. The third-order valence-corrected chi connectivity index (χ3v) is 3.68. The van der Waals surface area contributed by atoms with Gasteiger partial charge in [0.15, 0.2) is 0 Å². The molecule has 5 nitrogen and oxygen atoms in total. The van der Waals surface area contributed by atoms with E-state index in [-0.39, 0.29) is 11.6 Å². The van der Waals surface area contributed by atoms with Crippen LogP contribution in [0.5, 0.6) is 0 Å². The zero-order valence-corrected chi connectivity index (χ0v) is 13.5. The first-order valence-electron chi connectivity index (χ1n) is 7.13. The summed E-state index contributed by atoms with van der Waals surface area (Å²) in [6.07, 6.45) is 1.54. The number of anilines is 1. The lowest BCUT2D eigenvalue weighted by Crippen LogP contribution is -2.32. The minimum absolute atomic E-state index is 0.0855. The molecule has 0 amide bonds. The minimum Gasteiger partial charge on any atom is -0.348 e. The zero-order valence-electron chi connectivity index (χ0n) is 12.8. The average Bonchev–Trinajstić information content (AvgIpc) is 2.89. The van der Waals surface area contributed by atoms with Crippen LogP contribution in [0, 0.1) is 5.41 Å². The number of para-hydroxylation sites is 1. The van der Waals surface area contributed by atoms with E-state index in [2.05, 4.69) is 41.4 Å². The molecule has 0 bridgehead atoms. The Morgan fingerprint density at radius 3 is 2.59 bits per heavy atom. The molecule has 0 fully saturated rings. The van der Waals surface area contributed by atoms with Crippen LogP contribution in [0.15, 0.2) is 42.6 Å². The maximum absolute atomic E-state index is 5.90. The maximum Gasteiger partial charge on any atom is 0.129 e. The van der Waals surface area contributed by atoms with Crippen LogP contribution < -0.4 is 5.32 Å². The van der Waals surface area contributed by atoms with Crippen LogP contribution in [0.1, 0.15) is 26.9 Å². The van der Waals surface area contributed by atoms with Crippen LogP contribution >= 0.6 is 11.6 Å². The molecule has 3 rings (SSSR count). The highest BCUT2D eigenvalue weighted by Gasteiger charge is 2.29. The predicted octanol–water partition coefficient (Wildman–Crippen LogP) is 4.14. The lowest BCUT2D eigenvalue weighted by atomic mass is 9.92. The van der Waals surface area contributed by atoms with Gasteiger partial charge in [0.05, 0.1) is 10.5 Å². The summed E-state index contributed by atoms with van der Waals surface area (Å²) >= 11 is 5.90. The summed E-state index contributed by atoms with van der Waals surface area (Å²) in [7, 11) is 0. The number of aromatic nitrogens is 4. The van der Waals surface area contributed by atoms with Crippen molar-refractivity contribution in [2.24, 2.45) is 5.41 Å². The molecular weight excluding hydrogens is 298 g/mol. The summed E-state index contributed by atoms with van der Waals surface area (Å²) in [6.45, 7) is 6.45. The molecule has 6 heteroatoms. The van der Waals surface area contributed by atoms with Gasteiger partial charge in [-0.2, -0.15) is 0 Å². The summed E-state index contributed by atoms with van der Waals surface area (Å²) < 4.78 is 1.91. The lowest BCUT2D eigenvalue weighted by Gasteiger charge is -2.32. The van der Waals surface area contributed by atoms with Gasteiger partial charge >= 0.3 is 0 Å². The largest absolute Gasteiger partial charge is 0.348 e. The van der Waals surface area contributed by atoms with Gasteiger partial charge in [0.25, 0.3) is 0 Å². The van der Waals surface area contributed by atoms with Crippen molar-refractivity contribution in [2.75, 3.05) is 5.32 Å². The maximum atomic E-state index is 5.90. The SMILES string of the molecule is CC(C)(C)C(Nc1ccc(Cl)cn1)n1nnc2ccccc21. The van der Waals surface area contributed by atoms with E-state index in [1.807, 2.05) is 41.1 Å². The molecular formula is C16H18ClN5. The van der Waals surface area contributed by atoms with Gasteiger partial charge < -0.3 is 5.32 Å². The second kappa shape index (κ2) is 5.57. The van der Waals surface area contributed by atoms with E-state index in [1.54, 1.807) is 6.20 Å². The molecule has 1 aromatic carbocycles. The molecule has 2 heterocycles. The van der Waals surface area contributed by atoms with Crippen molar-refractivity contribution in [1.29, 1.82) is 0 Å². The highest BCUT2D eigenvalue weighted by Crippen LogP contribution is 2.32. The van der Waals surface area contributed by atoms with Gasteiger partial charge in [-0.3, -0.25) is 0 Å². The normalized spacial score (nSPS) is 13.3. The molecule has 0 spiro atoms. The Bertz CT molecular complexity index is 773. The summed E-state index contributed by atoms with van der Waals surface area (Å²) in [4.78, 5) is 4.32. The van der Waals surface area contributed by atoms with E-state index in [1.165, 1.54) is 0 Å². The number of pyridine rings is 1. The third kappa shape index (κ3) is 2.90. The molecule has 1 atom stereocenters. The first-order valence-corrected chi connectivity index (χ1v) is 7.51. The Balaban J connectivity index is 2.02. The number of nitrogens with one attached hydrogen (secondary N) is 1. The quantitative estimate of drug-likeness (QED) is 0.789. The van der Waals surface area contributed by atoms with Crippen molar-refractivity contribution in [1.82, 2.24) is 20.0 Å². The van der Waals surface area contributed by atoms with Crippen LogP contribution in [0.3, 0.4) is 0 Å². The van der Waals surface area contributed by atoms with Crippen molar-refractivity contribution < 1.29 is 0 Å². The van der Waals surface area contributed by atoms with Gasteiger partial charge in [-0.05, 0) is 24.3 Å². The van der Waals surface area contributed by atoms with Gasteiger partial charge in [0, 0.05) is 11.6 Å². The van der Waals surface area contributed by atoms with Gasteiger partial charge in [0.2, 0.25) is 0 Å². The first kappa shape index (κ1) is 14.8. The van der Waals surface area contributed by atoms with Crippen LogP contribution in [0.2, 0.25) is 5.02 Å². The first-order chi connectivity index (χ1) is 10.4. The van der Waals surface area contributed by atoms with E-state index in [9.17, 15) is 0 Å². The van der Waals surface area contributed by atoms with E-state index < -0.39 is 0 Å². The number of fused-ring (bicyclic) bond motifs is 1. The smallest absolute Gasteiger partial charge is 0.129 e. The fraction of sp³-hybridized carbons (Fsp3) is 0.312. The number of benzene rings is 1. The topological polar surface area (TPSA) is 55.6 Å². The van der Waals surface area contributed by atoms with Crippen LogP contribution in [0.4, 0.5) is 5.82 Å². The zero-order chi connectivity index (χ0) is 15.7. The second-order valence-electron chi connectivity index (χ2n) is 6.30. The fourth-order valence-corrected chi connectivity index (χ4v) is 2.44. The molecule has 0 aliphatic carbocycles. The number of hydrogen-bond acceptors (Lipinski definition) is 4. The molecule has 1 N–H and O–H groups in total. The summed E-state index contributed by atoms with van der Waals surface area (Å²) in [6, 6.07) is 11.6. The Labute approximate surface area is 134 Å². The van der Waals surface area contributed by atoms with E-state index >= 15 is 0 Å². The third-order valence-electron chi connectivity index (χ3n) is 3.45. The van der Waals surface area contributed by atoms with Gasteiger partial charge in [-0.25, -0.2) is 9.67 Å². The predicted molar refractivity (Wildman–Crippen MR) is 88.9 cm³/mol. The Morgan fingerprint density at radius 1 is 1.14 bits per heavy atom. The monoisotopic (exact) mass is 315 g/mol. The van der Waals surface area contributed by atoms with Gasteiger partial charge in [-0.15, -0.1) is 5.10 Å². The molecule has 114 valence electrons. The highest BCUT2D eigenvalue weighted by molar-refractivity contribution is 6.30. The lowest BCUT2D eigenvalue weighted by molar-refractivity contribution is 0.255. The summed E-state index contributed by atoms with van der Waals surface area (Å²) in [5.74, 6) is 0.754. The van der Waals surface area contributed by atoms with Crippen molar-refractivity contribution >= 4 is 28.5 Å². The van der Waals surface area contributed by atoms with E-state index in [4.69, 9.17) is 11.6 Å². The molecule has 0 aliphatic rings. The Hall–Kier alpha value is -2.14. The molecule has 3 aromatic rings. The highest BCUT2D eigenvalue weighted by atomic mass is 35.5. The Kier molecular flexibility index (Phi) is 3.74. The van der Waals surface area contributed by atoms with Gasteiger partial charge in [-0.1, -0.05) is 49.7 Å². The molecule has 0 saturated heterocycles. The number of hydrogen-bond donors (Lipinski definition) is 1. The number of nitrogens with zero attached hydrogens (tertiary/aromatic N) is 4. The van der Waals surface area contributed by atoms with Crippen molar-refractivity contribution in [2.45, 2.75) is 26.9 Å². The second-order valence-corrected chi connectivity index (χ2v) is 6.73. The number of rotatable bonds is 3. The van der Waals surface area contributed by atoms with E-state index in [0.29, 0.717) is 5.02 Å². The van der Waals surface area contributed by atoms with Crippen LogP contribution in [-0.2, 0) is 0 Å². The average molecular weight is 316 g/mol. The van der Waals surface area contributed by atoms with E-state index in [0.717, 1.165) is 16.9 Å². The molecule has 2 aromatic heterocycles. The molecule has 22 heavy (non-hydrogen) atoms. The van der Waals surface area contributed by atoms with Crippen molar-refractivity contribution in [3.05, 3.63) is 47.6 Å². The molecule has 0 radical (unpaired) electrons. The molecule has 0 aliphatic heterocycles. The summed E-state index contributed by atoms with van der Waals surface area (Å²) in [5.41, 5.74) is 1.78.